The molecule has 9 nitrogen and oxygen atoms in total. The molecular formula is C26H28N8O. The number of anilines is 6. The Morgan fingerprint density at radius 2 is 1.66 bits per heavy atom. The summed E-state index contributed by atoms with van der Waals surface area (Å²) in [4.78, 5) is 21.1. The van der Waals surface area contributed by atoms with Crippen molar-refractivity contribution in [2.24, 2.45) is 0 Å². The molecule has 2 aromatic heterocycles. The van der Waals surface area contributed by atoms with Crippen LogP contribution < -0.4 is 21.3 Å². The van der Waals surface area contributed by atoms with Crippen LogP contribution in [0.4, 0.5) is 39.4 Å². The van der Waals surface area contributed by atoms with Gasteiger partial charge < -0.3 is 21.3 Å². The number of hydrogen-bond acceptors (Lipinski definition) is 6. The Kier molecular flexibility index (Phi) is 6.56. The number of aryl methyl sites for hydroxylation is 1. The van der Waals surface area contributed by atoms with Gasteiger partial charge in [0.2, 0.25) is 5.95 Å². The van der Waals surface area contributed by atoms with Crippen LogP contribution in [0, 0.1) is 6.92 Å². The average molecular weight is 469 g/mol. The molecule has 2 heterocycles. The van der Waals surface area contributed by atoms with Gasteiger partial charge >= 0.3 is 6.03 Å². The minimum absolute atomic E-state index is 0.298. The normalized spacial score (nSPS) is 13.4. The number of amides is 2. The molecule has 0 saturated heterocycles. The van der Waals surface area contributed by atoms with Gasteiger partial charge in [-0.15, -0.1) is 0 Å². The maximum absolute atomic E-state index is 12.3. The van der Waals surface area contributed by atoms with Gasteiger partial charge in [-0.1, -0.05) is 25.0 Å². The van der Waals surface area contributed by atoms with Crippen LogP contribution in [0.5, 0.6) is 0 Å². The summed E-state index contributed by atoms with van der Waals surface area (Å²) < 4.78 is 0. The van der Waals surface area contributed by atoms with Crippen molar-refractivity contribution in [1.82, 2.24) is 20.2 Å². The summed E-state index contributed by atoms with van der Waals surface area (Å²) in [6.45, 7) is 1.98. The highest BCUT2D eigenvalue weighted by molar-refractivity contribution is 5.99. The first-order chi connectivity index (χ1) is 17.1. The van der Waals surface area contributed by atoms with E-state index in [9.17, 15) is 4.79 Å². The molecule has 0 aliphatic heterocycles. The van der Waals surface area contributed by atoms with E-state index in [1.54, 1.807) is 12.3 Å². The summed E-state index contributed by atoms with van der Waals surface area (Å²) in [5, 5.41) is 19.6. The van der Waals surface area contributed by atoms with Gasteiger partial charge in [-0.3, -0.25) is 5.10 Å². The number of carbonyl (C=O) groups is 1. The lowest BCUT2D eigenvalue weighted by Gasteiger charge is -2.10. The van der Waals surface area contributed by atoms with Gasteiger partial charge in [0.05, 0.1) is 0 Å². The van der Waals surface area contributed by atoms with Crippen LogP contribution in [0.15, 0.2) is 66.9 Å². The summed E-state index contributed by atoms with van der Waals surface area (Å²) in [7, 11) is 0. The number of aromatic nitrogens is 4. The highest BCUT2D eigenvalue weighted by Gasteiger charge is 2.19. The van der Waals surface area contributed by atoms with E-state index in [1.165, 1.54) is 31.4 Å². The molecule has 1 aliphatic rings. The molecule has 2 aromatic carbocycles. The van der Waals surface area contributed by atoms with Crippen LogP contribution in [0.1, 0.15) is 42.9 Å². The molecule has 0 spiro atoms. The van der Waals surface area contributed by atoms with Gasteiger partial charge in [0.25, 0.3) is 0 Å². The van der Waals surface area contributed by atoms with Crippen LogP contribution >= 0.6 is 0 Å². The summed E-state index contributed by atoms with van der Waals surface area (Å²) in [6.07, 6.45) is 6.69. The number of nitrogens with zero attached hydrogens (tertiary/aromatic N) is 3. The molecule has 2 amide bonds. The Morgan fingerprint density at radius 1 is 0.886 bits per heavy atom. The summed E-state index contributed by atoms with van der Waals surface area (Å²) >= 11 is 0. The van der Waals surface area contributed by atoms with E-state index in [1.807, 2.05) is 55.5 Å². The number of nitrogens with one attached hydrogen (secondary N) is 5. The van der Waals surface area contributed by atoms with E-state index >= 15 is 0 Å². The van der Waals surface area contributed by atoms with E-state index in [4.69, 9.17) is 0 Å². The molecule has 1 fully saturated rings. The van der Waals surface area contributed by atoms with Crippen molar-refractivity contribution < 1.29 is 4.79 Å². The van der Waals surface area contributed by atoms with E-state index in [2.05, 4.69) is 47.5 Å². The van der Waals surface area contributed by atoms with E-state index in [0.29, 0.717) is 23.4 Å². The van der Waals surface area contributed by atoms with Crippen molar-refractivity contribution in [3.8, 4) is 0 Å². The molecular weight excluding hydrogens is 440 g/mol. The van der Waals surface area contributed by atoms with Crippen LogP contribution in [0.3, 0.4) is 0 Å². The fraction of sp³-hybridized carbons (Fsp3) is 0.231. The Labute approximate surface area is 203 Å². The first-order valence-corrected chi connectivity index (χ1v) is 11.8. The van der Waals surface area contributed by atoms with Gasteiger partial charge in [-0.25, -0.2) is 9.78 Å². The maximum Gasteiger partial charge on any atom is 0.323 e. The van der Waals surface area contributed by atoms with Crippen LogP contribution in [-0.4, -0.2) is 26.2 Å². The van der Waals surface area contributed by atoms with Crippen molar-refractivity contribution in [2.45, 2.75) is 38.5 Å². The third-order valence-corrected chi connectivity index (χ3v) is 5.98. The highest BCUT2D eigenvalue weighted by atomic mass is 16.2. The number of benzene rings is 2. The monoisotopic (exact) mass is 468 g/mol. The second-order valence-electron chi connectivity index (χ2n) is 8.73. The largest absolute Gasteiger partial charge is 0.324 e. The molecule has 1 saturated carbocycles. The Bertz CT molecular complexity index is 1290. The minimum Gasteiger partial charge on any atom is -0.324 e. The lowest BCUT2D eigenvalue weighted by molar-refractivity contribution is 0.262. The Hall–Kier alpha value is -4.40. The standard InChI is InChI=1S/C26H28N8O/c1-17-5-4-8-21(15-17)30-26(35)29-20-11-9-19(10-12-20)28-25-27-14-13-23(32-25)31-24-16-22(33-34-24)18-6-2-3-7-18/h4-5,8-16,18H,2-3,6-7H2,1H3,(H2,29,30,35)(H3,27,28,31,32,33,34). The highest BCUT2D eigenvalue weighted by Crippen LogP contribution is 2.34. The fourth-order valence-corrected chi connectivity index (χ4v) is 4.25. The molecule has 0 radical (unpaired) electrons. The number of urea groups is 1. The van der Waals surface area contributed by atoms with Gasteiger partial charge in [0.15, 0.2) is 5.82 Å². The summed E-state index contributed by atoms with van der Waals surface area (Å²) in [5.41, 5.74) is 4.48. The Balaban J connectivity index is 1.17. The molecule has 35 heavy (non-hydrogen) atoms. The second-order valence-corrected chi connectivity index (χ2v) is 8.73. The molecule has 0 atom stereocenters. The first-order valence-electron chi connectivity index (χ1n) is 11.8. The van der Waals surface area contributed by atoms with Crippen LogP contribution in [-0.2, 0) is 0 Å². The predicted molar refractivity (Wildman–Crippen MR) is 139 cm³/mol. The molecule has 0 unspecified atom stereocenters. The van der Waals surface area contributed by atoms with E-state index in [-0.39, 0.29) is 6.03 Å². The van der Waals surface area contributed by atoms with E-state index in [0.717, 1.165) is 22.8 Å². The second kappa shape index (κ2) is 10.3. The number of hydrogen-bond donors (Lipinski definition) is 5. The van der Waals surface area contributed by atoms with Crippen molar-refractivity contribution >= 4 is 40.7 Å². The third kappa shape index (κ3) is 5.94. The van der Waals surface area contributed by atoms with Gasteiger partial charge in [-0.2, -0.15) is 10.1 Å². The van der Waals surface area contributed by atoms with Crippen LogP contribution in [0.25, 0.3) is 0 Å². The summed E-state index contributed by atoms with van der Waals surface area (Å²) in [5.74, 6) is 2.43. The zero-order chi connectivity index (χ0) is 24.0. The molecule has 5 rings (SSSR count). The number of carbonyl (C=O) groups excluding carboxylic acids is 1. The minimum atomic E-state index is -0.298. The topological polar surface area (TPSA) is 120 Å². The van der Waals surface area contributed by atoms with E-state index < -0.39 is 0 Å². The molecule has 9 heteroatoms. The van der Waals surface area contributed by atoms with Gasteiger partial charge in [-0.05, 0) is 67.8 Å². The molecule has 178 valence electrons. The van der Waals surface area contributed by atoms with Gasteiger partial charge in [0, 0.05) is 40.9 Å². The number of H-pyrrole nitrogens is 1. The predicted octanol–water partition coefficient (Wildman–Crippen LogP) is 6.30. The van der Waals surface area contributed by atoms with Crippen molar-refractivity contribution in [3.63, 3.8) is 0 Å². The number of aromatic amines is 1. The smallest absolute Gasteiger partial charge is 0.323 e. The maximum atomic E-state index is 12.3. The molecule has 0 bridgehead atoms. The zero-order valence-corrected chi connectivity index (χ0v) is 19.5. The SMILES string of the molecule is Cc1cccc(NC(=O)Nc2ccc(Nc3nccc(Nc4cc(C5CCCC5)[nH]n4)n3)cc2)c1. The van der Waals surface area contributed by atoms with Crippen molar-refractivity contribution in [2.75, 3.05) is 21.3 Å². The Morgan fingerprint density at radius 3 is 2.46 bits per heavy atom. The molecule has 5 N–H and O–H groups in total. The quantitative estimate of drug-likeness (QED) is 0.217. The lowest BCUT2D eigenvalue weighted by Crippen LogP contribution is -2.19. The van der Waals surface area contributed by atoms with Crippen molar-refractivity contribution in [1.29, 1.82) is 0 Å². The average Bonchev–Trinajstić information content (AvgIpc) is 3.53. The van der Waals surface area contributed by atoms with Crippen LogP contribution in [0.2, 0.25) is 0 Å². The van der Waals surface area contributed by atoms with Gasteiger partial charge in [0.1, 0.15) is 5.82 Å². The van der Waals surface area contributed by atoms with Crippen molar-refractivity contribution in [3.05, 3.63) is 78.1 Å². The first kappa shape index (κ1) is 22.4. The molecule has 1 aliphatic carbocycles. The third-order valence-electron chi connectivity index (χ3n) is 5.98. The molecule has 4 aromatic rings. The zero-order valence-electron chi connectivity index (χ0n) is 19.5. The fourth-order valence-electron chi connectivity index (χ4n) is 4.25. The number of rotatable bonds is 7. The lowest BCUT2D eigenvalue weighted by atomic mass is 10.0. The summed E-state index contributed by atoms with van der Waals surface area (Å²) in [6, 6.07) is 18.5.